The maximum absolute atomic E-state index is 13.5. The van der Waals surface area contributed by atoms with Crippen LogP contribution in [0.25, 0.3) is 0 Å². The van der Waals surface area contributed by atoms with Gasteiger partial charge >= 0.3 is 0 Å². The van der Waals surface area contributed by atoms with Gasteiger partial charge in [0.1, 0.15) is 5.82 Å². The lowest BCUT2D eigenvalue weighted by Gasteiger charge is -2.11. The minimum atomic E-state index is -0.194. The lowest BCUT2D eigenvalue weighted by atomic mass is 10.1. The Bertz CT molecular complexity index is 633. The zero-order valence-electron chi connectivity index (χ0n) is 12.8. The van der Waals surface area contributed by atoms with Crippen LogP contribution in [-0.4, -0.2) is 41.0 Å². The van der Waals surface area contributed by atoms with Crippen LogP contribution in [0, 0.1) is 5.82 Å². The average Bonchev–Trinajstić information content (AvgIpc) is 3.09. The van der Waals surface area contributed by atoms with Crippen LogP contribution in [0.1, 0.15) is 18.4 Å². The third-order valence-corrected chi connectivity index (χ3v) is 3.73. The van der Waals surface area contributed by atoms with Gasteiger partial charge in [0, 0.05) is 19.7 Å². The summed E-state index contributed by atoms with van der Waals surface area (Å²) in [5.41, 5.74) is 0.667. The van der Waals surface area contributed by atoms with Crippen molar-refractivity contribution in [2.24, 2.45) is 0 Å². The van der Waals surface area contributed by atoms with Gasteiger partial charge in [-0.15, -0.1) is 5.10 Å². The number of rotatable bonds is 7. The lowest BCUT2D eigenvalue weighted by Crippen LogP contribution is -2.19. The van der Waals surface area contributed by atoms with E-state index in [4.69, 9.17) is 4.74 Å². The SMILES string of the molecule is Fc1ccccc1CCNc1nncc(NCC2CCCO2)n1. The lowest BCUT2D eigenvalue weighted by molar-refractivity contribution is 0.120. The number of ether oxygens (including phenoxy) is 1. The molecule has 0 bridgehead atoms. The molecule has 1 aliphatic heterocycles. The van der Waals surface area contributed by atoms with Crippen molar-refractivity contribution in [2.45, 2.75) is 25.4 Å². The first-order valence-corrected chi connectivity index (χ1v) is 7.84. The molecule has 0 aliphatic carbocycles. The summed E-state index contributed by atoms with van der Waals surface area (Å²) < 4.78 is 19.1. The number of nitrogens with one attached hydrogen (secondary N) is 2. The second-order valence-electron chi connectivity index (χ2n) is 5.45. The van der Waals surface area contributed by atoms with Crippen LogP contribution < -0.4 is 10.6 Å². The first kappa shape index (κ1) is 15.6. The van der Waals surface area contributed by atoms with E-state index in [-0.39, 0.29) is 11.9 Å². The largest absolute Gasteiger partial charge is 0.376 e. The number of nitrogens with zero attached hydrogens (tertiary/aromatic N) is 3. The fourth-order valence-electron chi connectivity index (χ4n) is 2.50. The maximum Gasteiger partial charge on any atom is 0.244 e. The van der Waals surface area contributed by atoms with Gasteiger partial charge < -0.3 is 15.4 Å². The summed E-state index contributed by atoms with van der Waals surface area (Å²) in [5.74, 6) is 0.892. The molecule has 1 aromatic carbocycles. The number of hydrogen-bond donors (Lipinski definition) is 2. The fourth-order valence-corrected chi connectivity index (χ4v) is 2.50. The molecule has 2 N–H and O–H groups in total. The highest BCUT2D eigenvalue weighted by Gasteiger charge is 2.15. The van der Waals surface area contributed by atoms with Crippen molar-refractivity contribution in [1.82, 2.24) is 15.2 Å². The molecule has 3 rings (SSSR count). The van der Waals surface area contributed by atoms with Crippen molar-refractivity contribution < 1.29 is 9.13 Å². The minimum absolute atomic E-state index is 0.194. The standard InChI is InChI=1S/C16H20FN5O/c17-14-6-2-1-4-12(14)7-8-18-16-21-15(11-20-22-16)19-10-13-5-3-9-23-13/h1-2,4,6,11,13H,3,5,7-10H2,(H2,18,19,21,22). The maximum atomic E-state index is 13.5. The summed E-state index contributed by atoms with van der Waals surface area (Å²) in [6, 6.07) is 6.74. The summed E-state index contributed by atoms with van der Waals surface area (Å²) in [7, 11) is 0. The van der Waals surface area contributed by atoms with E-state index in [0.717, 1.165) is 19.4 Å². The van der Waals surface area contributed by atoms with Gasteiger partial charge in [-0.05, 0) is 30.9 Å². The van der Waals surface area contributed by atoms with Gasteiger partial charge in [-0.1, -0.05) is 18.2 Å². The number of halogens is 1. The molecule has 6 nitrogen and oxygen atoms in total. The third-order valence-electron chi connectivity index (χ3n) is 3.73. The molecular weight excluding hydrogens is 297 g/mol. The minimum Gasteiger partial charge on any atom is -0.376 e. The van der Waals surface area contributed by atoms with E-state index in [0.29, 0.717) is 36.8 Å². The zero-order valence-corrected chi connectivity index (χ0v) is 12.8. The van der Waals surface area contributed by atoms with E-state index in [1.54, 1.807) is 18.3 Å². The topological polar surface area (TPSA) is 72.0 Å². The van der Waals surface area contributed by atoms with Crippen molar-refractivity contribution in [1.29, 1.82) is 0 Å². The highest BCUT2D eigenvalue weighted by Crippen LogP contribution is 2.13. The molecule has 1 aromatic heterocycles. The van der Waals surface area contributed by atoms with Gasteiger partial charge in [0.15, 0.2) is 5.82 Å². The van der Waals surface area contributed by atoms with E-state index in [1.165, 1.54) is 6.07 Å². The van der Waals surface area contributed by atoms with Crippen molar-refractivity contribution >= 4 is 11.8 Å². The Kier molecular flexibility index (Phi) is 5.31. The molecule has 2 aromatic rings. The quantitative estimate of drug-likeness (QED) is 0.816. The molecule has 0 saturated carbocycles. The highest BCUT2D eigenvalue weighted by molar-refractivity contribution is 5.37. The smallest absolute Gasteiger partial charge is 0.244 e. The molecule has 2 heterocycles. The van der Waals surface area contributed by atoms with Crippen LogP contribution in [0.5, 0.6) is 0 Å². The van der Waals surface area contributed by atoms with Gasteiger partial charge in [-0.2, -0.15) is 10.1 Å². The third kappa shape index (κ3) is 4.59. The van der Waals surface area contributed by atoms with Crippen LogP contribution in [0.15, 0.2) is 30.5 Å². The van der Waals surface area contributed by atoms with Crippen molar-refractivity contribution in [3.63, 3.8) is 0 Å². The molecule has 1 atom stereocenters. The Morgan fingerprint density at radius 2 is 2.17 bits per heavy atom. The zero-order chi connectivity index (χ0) is 15.9. The molecule has 0 radical (unpaired) electrons. The second-order valence-corrected chi connectivity index (χ2v) is 5.45. The summed E-state index contributed by atoms with van der Waals surface area (Å²) in [5, 5.41) is 14.1. The predicted octanol–water partition coefficient (Wildman–Crippen LogP) is 2.26. The van der Waals surface area contributed by atoms with Crippen LogP contribution in [0.3, 0.4) is 0 Å². The molecule has 122 valence electrons. The number of benzene rings is 1. The van der Waals surface area contributed by atoms with Gasteiger partial charge in [-0.25, -0.2) is 4.39 Å². The van der Waals surface area contributed by atoms with Crippen molar-refractivity contribution in [2.75, 3.05) is 30.3 Å². The molecule has 0 spiro atoms. The molecule has 1 aliphatic rings. The molecule has 0 amide bonds. The summed E-state index contributed by atoms with van der Waals surface area (Å²) in [6.45, 7) is 2.09. The monoisotopic (exact) mass is 317 g/mol. The van der Waals surface area contributed by atoms with E-state index in [2.05, 4.69) is 25.8 Å². The molecular formula is C16H20FN5O. The van der Waals surface area contributed by atoms with E-state index >= 15 is 0 Å². The predicted molar refractivity (Wildman–Crippen MR) is 85.9 cm³/mol. The van der Waals surface area contributed by atoms with E-state index < -0.39 is 0 Å². The average molecular weight is 317 g/mol. The molecule has 7 heteroatoms. The second kappa shape index (κ2) is 7.82. The molecule has 1 saturated heterocycles. The highest BCUT2D eigenvalue weighted by atomic mass is 19.1. The van der Waals surface area contributed by atoms with Gasteiger partial charge in [0.2, 0.25) is 5.95 Å². The number of aromatic nitrogens is 3. The van der Waals surface area contributed by atoms with Crippen LogP contribution in [0.4, 0.5) is 16.2 Å². The van der Waals surface area contributed by atoms with Crippen LogP contribution >= 0.6 is 0 Å². The summed E-state index contributed by atoms with van der Waals surface area (Å²) in [6.07, 6.45) is 4.55. The fraction of sp³-hybridized carbons (Fsp3) is 0.438. The molecule has 1 fully saturated rings. The Labute approximate surface area is 134 Å². The Morgan fingerprint density at radius 3 is 3.00 bits per heavy atom. The van der Waals surface area contributed by atoms with E-state index in [1.807, 2.05) is 6.07 Å². The first-order valence-electron chi connectivity index (χ1n) is 7.84. The number of hydrogen-bond acceptors (Lipinski definition) is 6. The Balaban J connectivity index is 1.48. The van der Waals surface area contributed by atoms with Gasteiger partial charge in [0.25, 0.3) is 0 Å². The first-order chi connectivity index (χ1) is 11.3. The summed E-state index contributed by atoms with van der Waals surface area (Å²) >= 11 is 0. The van der Waals surface area contributed by atoms with Crippen molar-refractivity contribution in [3.8, 4) is 0 Å². The Hall–Kier alpha value is -2.28. The Morgan fingerprint density at radius 1 is 1.26 bits per heavy atom. The summed E-state index contributed by atoms with van der Waals surface area (Å²) in [4.78, 5) is 4.34. The van der Waals surface area contributed by atoms with Crippen LogP contribution in [0.2, 0.25) is 0 Å². The van der Waals surface area contributed by atoms with Gasteiger partial charge in [-0.3, -0.25) is 0 Å². The van der Waals surface area contributed by atoms with Gasteiger partial charge in [0.05, 0.1) is 12.3 Å². The molecule has 1 unspecified atom stereocenters. The number of anilines is 2. The molecule has 23 heavy (non-hydrogen) atoms. The normalized spacial score (nSPS) is 17.2. The van der Waals surface area contributed by atoms with Crippen molar-refractivity contribution in [3.05, 3.63) is 41.8 Å². The van der Waals surface area contributed by atoms with Crippen LogP contribution in [-0.2, 0) is 11.2 Å². The van der Waals surface area contributed by atoms with E-state index in [9.17, 15) is 4.39 Å².